The third kappa shape index (κ3) is 4.62. The number of para-hydroxylation sites is 1. The van der Waals surface area contributed by atoms with Crippen molar-refractivity contribution in [2.45, 2.75) is 12.8 Å². The lowest BCUT2D eigenvalue weighted by Crippen LogP contribution is -2.40. The van der Waals surface area contributed by atoms with Crippen LogP contribution in [0.3, 0.4) is 0 Å². The molecule has 1 aliphatic rings. The van der Waals surface area contributed by atoms with Crippen LogP contribution in [0.5, 0.6) is 17.2 Å². The van der Waals surface area contributed by atoms with Crippen molar-refractivity contribution in [2.75, 3.05) is 19.7 Å². The van der Waals surface area contributed by atoms with Crippen molar-refractivity contribution in [3.63, 3.8) is 0 Å². The van der Waals surface area contributed by atoms with Crippen molar-refractivity contribution in [3.8, 4) is 17.2 Å². The van der Waals surface area contributed by atoms with Gasteiger partial charge >= 0.3 is 6.09 Å². The Kier molecular flexibility index (Phi) is 5.38. The van der Waals surface area contributed by atoms with Crippen molar-refractivity contribution in [2.24, 2.45) is 5.92 Å². The molecular formula is C19H20FNO4. The van der Waals surface area contributed by atoms with Gasteiger partial charge in [-0.15, -0.1) is 0 Å². The molecule has 25 heavy (non-hydrogen) atoms. The highest BCUT2D eigenvalue weighted by Gasteiger charge is 2.24. The first-order chi connectivity index (χ1) is 12.1. The summed E-state index contributed by atoms with van der Waals surface area (Å²) in [5.74, 6) is 1.04. The Morgan fingerprint density at radius 3 is 2.76 bits per heavy atom. The largest absolute Gasteiger partial charge is 0.489 e. The molecule has 0 spiro atoms. The molecule has 1 fully saturated rings. The summed E-state index contributed by atoms with van der Waals surface area (Å²) in [6, 6.07) is 13.2. The summed E-state index contributed by atoms with van der Waals surface area (Å²) in [5, 5.41) is 9.10. The molecule has 0 aliphatic carbocycles. The van der Waals surface area contributed by atoms with E-state index in [2.05, 4.69) is 0 Å². The highest BCUT2D eigenvalue weighted by molar-refractivity contribution is 5.65. The Bertz CT molecular complexity index is 723. The van der Waals surface area contributed by atoms with E-state index >= 15 is 0 Å². The molecule has 1 saturated heterocycles. The summed E-state index contributed by atoms with van der Waals surface area (Å²) in [4.78, 5) is 12.5. The molecule has 0 radical (unpaired) electrons. The van der Waals surface area contributed by atoms with Crippen molar-refractivity contribution in [1.82, 2.24) is 4.90 Å². The Morgan fingerprint density at radius 2 is 2.00 bits per heavy atom. The number of hydrogen-bond acceptors (Lipinski definition) is 3. The van der Waals surface area contributed by atoms with E-state index in [1.54, 1.807) is 12.1 Å². The van der Waals surface area contributed by atoms with Crippen molar-refractivity contribution in [3.05, 3.63) is 54.3 Å². The average molecular weight is 345 g/mol. The molecule has 0 bridgehead atoms. The van der Waals surface area contributed by atoms with E-state index in [9.17, 15) is 9.18 Å². The first-order valence-corrected chi connectivity index (χ1v) is 8.25. The molecule has 0 unspecified atom stereocenters. The maximum absolute atomic E-state index is 13.6. The van der Waals surface area contributed by atoms with Crippen LogP contribution in [0.1, 0.15) is 12.8 Å². The number of amides is 1. The Balaban J connectivity index is 1.67. The summed E-state index contributed by atoms with van der Waals surface area (Å²) in [6.45, 7) is 1.37. The zero-order chi connectivity index (χ0) is 17.6. The first kappa shape index (κ1) is 17.1. The molecule has 1 aliphatic heterocycles. The summed E-state index contributed by atoms with van der Waals surface area (Å²) in [7, 11) is 0. The standard InChI is InChI=1S/C19H20FNO4/c20-15-8-9-17(18(11-15)25-16-6-2-1-3-7-16)24-13-14-5-4-10-21(12-14)19(22)23/h1-3,6-9,11,14H,4-5,10,12-13H2,(H,22,23)/t14-/m0/s1. The van der Waals surface area contributed by atoms with Crippen LogP contribution in [-0.4, -0.2) is 35.8 Å². The van der Waals surface area contributed by atoms with E-state index in [1.807, 2.05) is 18.2 Å². The minimum atomic E-state index is -0.903. The van der Waals surface area contributed by atoms with Crippen LogP contribution in [0.4, 0.5) is 9.18 Å². The van der Waals surface area contributed by atoms with E-state index in [0.29, 0.717) is 36.9 Å². The second kappa shape index (κ2) is 7.88. The van der Waals surface area contributed by atoms with Crippen LogP contribution in [0.2, 0.25) is 0 Å². The summed E-state index contributed by atoms with van der Waals surface area (Å²) in [6.07, 6.45) is 0.816. The smallest absolute Gasteiger partial charge is 0.407 e. The highest BCUT2D eigenvalue weighted by Crippen LogP contribution is 2.33. The lowest BCUT2D eigenvalue weighted by atomic mass is 9.99. The quantitative estimate of drug-likeness (QED) is 0.873. The van der Waals surface area contributed by atoms with E-state index in [4.69, 9.17) is 14.6 Å². The normalized spacial score (nSPS) is 17.2. The van der Waals surface area contributed by atoms with E-state index in [-0.39, 0.29) is 5.92 Å². The van der Waals surface area contributed by atoms with Crippen molar-refractivity contribution in [1.29, 1.82) is 0 Å². The predicted octanol–water partition coefficient (Wildman–Crippen LogP) is 4.39. The number of rotatable bonds is 5. The van der Waals surface area contributed by atoms with E-state index in [1.165, 1.54) is 23.1 Å². The Labute approximate surface area is 145 Å². The van der Waals surface area contributed by atoms with Gasteiger partial charge < -0.3 is 19.5 Å². The summed E-state index contributed by atoms with van der Waals surface area (Å²) in [5.41, 5.74) is 0. The topological polar surface area (TPSA) is 59.0 Å². The highest BCUT2D eigenvalue weighted by atomic mass is 19.1. The Hall–Kier alpha value is -2.76. The summed E-state index contributed by atoms with van der Waals surface area (Å²) >= 11 is 0. The van der Waals surface area contributed by atoms with Crippen LogP contribution in [0.25, 0.3) is 0 Å². The minimum Gasteiger partial charge on any atom is -0.489 e. The third-order valence-corrected chi connectivity index (χ3v) is 4.14. The molecule has 2 aromatic carbocycles. The van der Waals surface area contributed by atoms with Crippen molar-refractivity contribution >= 4 is 6.09 Å². The molecule has 0 saturated carbocycles. The first-order valence-electron chi connectivity index (χ1n) is 8.25. The number of halogens is 1. The third-order valence-electron chi connectivity index (χ3n) is 4.14. The fraction of sp³-hybridized carbons (Fsp3) is 0.316. The monoisotopic (exact) mass is 345 g/mol. The molecule has 1 N–H and O–H groups in total. The SMILES string of the molecule is O=C(O)N1CCC[C@H](COc2ccc(F)cc2Oc2ccccc2)C1. The number of hydrogen-bond donors (Lipinski definition) is 1. The molecule has 5 nitrogen and oxygen atoms in total. The molecule has 132 valence electrons. The molecule has 0 aromatic heterocycles. The Morgan fingerprint density at radius 1 is 1.20 bits per heavy atom. The van der Waals surface area contributed by atoms with E-state index < -0.39 is 11.9 Å². The van der Waals surface area contributed by atoms with Gasteiger partial charge in [0, 0.05) is 25.1 Å². The summed E-state index contributed by atoms with van der Waals surface area (Å²) < 4.78 is 25.1. The number of benzene rings is 2. The van der Waals surface area contributed by atoms with Gasteiger partial charge in [-0.1, -0.05) is 18.2 Å². The van der Waals surface area contributed by atoms with Crippen LogP contribution < -0.4 is 9.47 Å². The van der Waals surface area contributed by atoms with Gasteiger partial charge in [0.25, 0.3) is 0 Å². The zero-order valence-electron chi connectivity index (χ0n) is 13.7. The predicted molar refractivity (Wildman–Crippen MR) is 90.7 cm³/mol. The lowest BCUT2D eigenvalue weighted by molar-refractivity contribution is 0.104. The fourth-order valence-electron chi connectivity index (χ4n) is 2.88. The van der Waals surface area contributed by atoms with Gasteiger partial charge in [-0.3, -0.25) is 0 Å². The number of ether oxygens (including phenoxy) is 2. The van der Waals surface area contributed by atoms with Gasteiger partial charge in [0.15, 0.2) is 11.5 Å². The van der Waals surface area contributed by atoms with Gasteiger partial charge in [-0.2, -0.15) is 0 Å². The number of piperidine rings is 1. The molecular weight excluding hydrogens is 325 g/mol. The maximum atomic E-state index is 13.6. The number of nitrogens with zero attached hydrogens (tertiary/aromatic N) is 1. The van der Waals surface area contributed by atoms with Gasteiger partial charge in [-0.05, 0) is 37.1 Å². The molecule has 1 heterocycles. The fourth-order valence-corrected chi connectivity index (χ4v) is 2.88. The zero-order valence-corrected chi connectivity index (χ0v) is 13.7. The number of carboxylic acid groups (broad SMARTS) is 1. The number of likely N-dealkylation sites (tertiary alicyclic amines) is 1. The van der Waals surface area contributed by atoms with E-state index in [0.717, 1.165) is 12.8 Å². The van der Waals surface area contributed by atoms with Gasteiger partial charge in [-0.25, -0.2) is 9.18 Å². The van der Waals surface area contributed by atoms with Gasteiger partial charge in [0.1, 0.15) is 11.6 Å². The molecule has 2 aromatic rings. The molecule has 1 atom stereocenters. The second-order valence-corrected chi connectivity index (χ2v) is 6.05. The van der Waals surface area contributed by atoms with Crippen LogP contribution >= 0.6 is 0 Å². The lowest BCUT2D eigenvalue weighted by Gasteiger charge is -2.30. The minimum absolute atomic E-state index is 0.111. The van der Waals surface area contributed by atoms with Crippen LogP contribution in [0, 0.1) is 11.7 Å². The van der Waals surface area contributed by atoms with Crippen LogP contribution in [-0.2, 0) is 0 Å². The molecule has 3 rings (SSSR count). The number of carbonyl (C=O) groups is 1. The van der Waals surface area contributed by atoms with Gasteiger partial charge in [0.2, 0.25) is 0 Å². The molecule has 6 heteroatoms. The average Bonchev–Trinajstić information content (AvgIpc) is 2.62. The second-order valence-electron chi connectivity index (χ2n) is 6.05. The van der Waals surface area contributed by atoms with Gasteiger partial charge in [0.05, 0.1) is 6.61 Å². The van der Waals surface area contributed by atoms with Crippen LogP contribution in [0.15, 0.2) is 48.5 Å². The van der Waals surface area contributed by atoms with Crippen molar-refractivity contribution < 1.29 is 23.8 Å². The molecule has 1 amide bonds. The maximum Gasteiger partial charge on any atom is 0.407 e.